The Hall–Kier alpha value is -2.60. The van der Waals surface area contributed by atoms with Crippen molar-refractivity contribution < 1.29 is 24.1 Å². The van der Waals surface area contributed by atoms with Gasteiger partial charge in [0.05, 0.1) is 19.2 Å². The molecular formula is C19H20FNO4. The molecule has 2 N–H and O–H groups in total. The van der Waals surface area contributed by atoms with E-state index >= 15 is 0 Å². The minimum atomic E-state index is -0.290. The summed E-state index contributed by atoms with van der Waals surface area (Å²) < 4.78 is 18.2. The van der Waals surface area contributed by atoms with Gasteiger partial charge in [-0.25, -0.2) is 4.39 Å². The fraction of sp³-hybridized carbons (Fsp3) is 0.316. The molecule has 1 aliphatic rings. The zero-order valence-corrected chi connectivity index (χ0v) is 14.0. The molecule has 1 heterocycles. The molecule has 0 unspecified atom stereocenters. The molecule has 0 saturated heterocycles. The summed E-state index contributed by atoms with van der Waals surface area (Å²) in [7, 11) is 1.47. The van der Waals surface area contributed by atoms with Crippen molar-refractivity contribution in [3.8, 4) is 11.5 Å². The summed E-state index contributed by atoms with van der Waals surface area (Å²) in [5.41, 5.74) is 2.44. The van der Waals surface area contributed by atoms with E-state index in [1.807, 2.05) is 0 Å². The minimum Gasteiger partial charge on any atom is -0.507 e. The van der Waals surface area contributed by atoms with Gasteiger partial charge in [0.1, 0.15) is 17.3 Å². The predicted octanol–water partition coefficient (Wildman–Crippen LogP) is 2.27. The number of carbonyl (C=O) groups excluding carboxylic acids is 1. The maximum absolute atomic E-state index is 13.0. The van der Waals surface area contributed by atoms with Crippen LogP contribution in [0.1, 0.15) is 27.0 Å². The number of aliphatic hydroxyl groups excluding tert-OH is 1. The van der Waals surface area contributed by atoms with Gasteiger partial charge in [-0.3, -0.25) is 4.79 Å². The van der Waals surface area contributed by atoms with E-state index in [2.05, 4.69) is 0 Å². The van der Waals surface area contributed by atoms with Crippen LogP contribution in [0.2, 0.25) is 0 Å². The van der Waals surface area contributed by atoms with E-state index in [4.69, 9.17) is 4.74 Å². The fourth-order valence-electron chi connectivity index (χ4n) is 3.15. The number of ether oxygens (including phenoxy) is 1. The molecule has 2 aromatic carbocycles. The number of hydrogen-bond donors (Lipinski definition) is 2. The topological polar surface area (TPSA) is 70.0 Å². The quantitative estimate of drug-likeness (QED) is 0.843. The van der Waals surface area contributed by atoms with Crippen LogP contribution in [-0.2, 0) is 19.4 Å². The van der Waals surface area contributed by atoms with Crippen molar-refractivity contribution in [1.82, 2.24) is 4.90 Å². The van der Waals surface area contributed by atoms with Crippen LogP contribution in [0.3, 0.4) is 0 Å². The third kappa shape index (κ3) is 3.30. The SMILES string of the molecule is COc1cc2c(c(O)c1CCO)CN(CCc1ccc(F)cc1)C2=O. The molecule has 0 bridgehead atoms. The van der Waals surface area contributed by atoms with Crippen LogP contribution in [0.15, 0.2) is 30.3 Å². The van der Waals surface area contributed by atoms with Gasteiger partial charge in [0.25, 0.3) is 5.91 Å². The van der Waals surface area contributed by atoms with Crippen molar-refractivity contribution in [2.24, 2.45) is 0 Å². The third-order valence-corrected chi connectivity index (χ3v) is 4.50. The number of halogens is 1. The Balaban J connectivity index is 1.80. The van der Waals surface area contributed by atoms with Gasteiger partial charge in [-0.05, 0) is 30.2 Å². The highest BCUT2D eigenvalue weighted by molar-refractivity contribution is 6.00. The molecule has 0 radical (unpaired) electrons. The van der Waals surface area contributed by atoms with E-state index in [1.54, 1.807) is 23.1 Å². The van der Waals surface area contributed by atoms with Gasteiger partial charge in [-0.15, -0.1) is 0 Å². The molecule has 0 aromatic heterocycles. The standard InChI is InChI=1S/C19H20FNO4/c1-25-17-10-15-16(18(23)14(17)7-9-22)11-21(19(15)24)8-6-12-2-4-13(20)5-3-12/h2-5,10,22-23H,6-9,11H2,1H3. The molecule has 2 aromatic rings. The first kappa shape index (κ1) is 17.2. The molecule has 6 heteroatoms. The Kier molecular flexibility index (Phi) is 4.90. The van der Waals surface area contributed by atoms with Gasteiger partial charge in [0.2, 0.25) is 0 Å². The monoisotopic (exact) mass is 345 g/mol. The first-order valence-electron chi connectivity index (χ1n) is 8.11. The zero-order valence-electron chi connectivity index (χ0n) is 14.0. The maximum atomic E-state index is 13.0. The van der Waals surface area contributed by atoms with Gasteiger partial charge < -0.3 is 19.8 Å². The van der Waals surface area contributed by atoms with Crippen LogP contribution in [0, 0.1) is 5.82 Å². The number of aromatic hydroxyl groups is 1. The smallest absolute Gasteiger partial charge is 0.254 e. The number of carbonyl (C=O) groups is 1. The number of aliphatic hydroxyl groups is 1. The molecule has 0 saturated carbocycles. The molecule has 132 valence electrons. The van der Waals surface area contributed by atoms with Crippen LogP contribution in [-0.4, -0.2) is 41.3 Å². The number of methoxy groups -OCH3 is 1. The largest absolute Gasteiger partial charge is 0.507 e. The summed E-state index contributed by atoms with van der Waals surface area (Å²) in [6.07, 6.45) is 0.855. The predicted molar refractivity (Wildman–Crippen MR) is 90.3 cm³/mol. The minimum absolute atomic E-state index is 0.0148. The van der Waals surface area contributed by atoms with Crippen molar-refractivity contribution in [1.29, 1.82) is 0 Å². The summed E-state index contributed by atoms with van der Waals surface area (Å²) in [4.78, 5) is 14.3. The van der Waals surface area contributed by atoms with Gasteiger partial charge in [0.15, 0.2) is 0 Å². The maximum Gasteiger partial charge on any atom is 0.254 e. The van der Waals surface area contributed by atoms with Gasteiger partial charge in [-0.1, -0.05) is 12.1 Å². The number of phenolic OH excluding ortho intramolecular Hbond substituents is 1. The normalized spacial score (nSPS) is 13.2. The highest BCUT2D eigenvalue weighted by atomic mass is 19.1. The van der Waals surface area contributed by atoms with E-state index < -0.39 is 0 Å². The van der Waals surface area contributed by atoms with Crippen LogP contribution in [0.25, 0.3) is 0 Å². The molecule has 0 spiro atoms. The van der Waals surface area contributed by atoms with Crippen LogP contribution in [0.5, 0.6) is 11.5 Å². The first-order chi connectivity index (χ1) is 12.0. The van der Waals surface area contributed by atoms with Crippen LogP contribution >= 0.6 is 0 Å². The Bertz CT molecular complexity index is 789. The second kappa shape index (κ2) is 7.11. The Morgan fingerprint density at radius 3 is 2.60 bits per heavy atom. The Labute approximate surface area is 145 Å². The fourth-order valence-corrected chi connectivity index (χ4v) is 3.15. The molecule has 25 heavy (non-hydrogen) atoms. The van der Waals surface area contributed by atoms with E-state index in [0.29, 0.717) is 42.0 Å². The molecule has 1 amide bonds. The molecule has 3 rings (SSSR count). The first-order valence-corrected chi connectivity index (χ1v) is 8.11. The number of rotatable bonds is 6. The second-order valence-electron chi connectivity index (χ2n) is 6.01. The van der Waals surface area contributed by atoms with E-state index in [-0.39, 0.29) is 30.5 Å². The second-order valence-corrected chi connectivity index (χ2v) is 6.01. The van der Waals surface area contributed by atoms with Crippen LogP contribution in [0.4, 0.5) is 4.39 Å². The summed E-state index contributed by atoms with van der Waals surface area (Å²) in [6, 6.07) is 7.81. The van der Waals surface area contributed by atoms with Crippen LogP contribution < -0.4 is 4.74 Å². The average Bonchev–Trinajstić information content (AvgIpc) is 2.93. The molecule has 1 aliphatic heterocycles. The highest BCUT2D eigenvalue weighted by Crippen LogP contribution is 2.39. The lowest BCUT2D eigenvalue weighted by Crippen LogP contribution is -2.26. The van der Waals surface area contributed by atoms with Gasteiger partial charge >= 0.3 is 0 Å². The summed E-state index contributed by atoms with van der Waals surface area (Å²) in [5.74, 6) is -0.0387. The number of nitrogens with zero attached hydrogens (tertiary/aromatic N) is 1. The molecule has 0 aliphatic carbocycles. The van der Waals surface area contributed by atoms with Crippen molar-refractivity contribution in [3.05, 3.63) is 58.4 Å². The molecule has 0 fully saturated rings. The number of hydrogen-bond acceptors (Lipinski definition) is 4. The van der Waals surface area contributed by atoms with E-state index in [9.17, 15) is 19.4 Å². The Morgan fingerprint density at radius 1 is 1.24 bits per heavy atom. The summed E-state index contributed by atoms with van der Waals surface area (Å²) in [6.45, 7) is 0.658. The molecule has 5 nitrogen and oxygen atoms in total. The lowest BCUT2D eigenvalue weighted by atomic mass is 10.0. The molecule has 0 atom stereocenters. The molecular weight excluding hydrogens is 325 g/mol. The van der Waals surface area contributed by atoms with Crippen molar-refractivity contribution in [3.63, 3.8) is 0 Å². The van der Waals surface area contributed by atoms with Gasteiger partial charge in [0, 0.05) is 30.7 Å². The highest BCUT2D eigenvalue weighted by Gasteiger charge is 2.32. The Morgan fingerprint density at radius 2 is 1.96 bits per heavy atom. The average molecular weight is 345 g/mol. The summed E-state index contributed by atoms with van der Waals surface area (Å²) >= 11 is 0. The third-order valence-electron chi connectivity index (χ3n) is 4.50. The number of amides is 1. The number of fused-ring (bicyclic) bond motifs is 1. The van der Waals surface area contributed by atoms with Crippen molar-refractivity contribution >= 4 is 5.91 Å². The number of phenols is 1. The van der Waals surface area contributed by atoms with E-state index in [0.717, 1.165) is 5.56 Å². The van der Waals surface area contributed by atoms with Crippen molar-refractivity contribution in [2.75, 3.05) is 20.3 Å². The van der Waals surface area contributed by atoms with Gasteiger partial charge in [-0.2, -0.15) is 0 Å². The van der Waals surface area contributed by atoms with E-state index in [1.165, 1.54) is 19.2 Å². The lowest BCUT2D eigenvalue weighted by molar-refractivity contribution is 0.0780. The van der Waals surface area contributed by atoms with Crippen molar-refractivity contribution in [2.45, 2.75) is 19.4 Å². The number of benzene rings is 2. The summed E-state index contributed by atoms with van der Waals surface area (Å²) in [5, 5.41) is 19.7. The lowest BCUT2D eigenvalue weighted by Gasteiger charge is -2.15. The zero-order chi connectivity index (χ0) is 18.0.